The Balaban J connectivity index is 2.46. The summed E-state index contributed by atoms with van der Waals surface area (Å²) in [5.74, 6) is 0.754. The van der Waals surface area contributed by atoms with Crippen LogP contribution in [0.25, 0.3) is 0 Å². The zero-order valence-electron chi connectivity index (χ0n) is 13.1. The Morgan fingerprint density at radius 1 is 1.08 bits per heavy atom. The van der Waals surface area contributed by atoms with Crippen LogP contribution < -0.4 is 19.9 Å². The number of rotatable bonds is 6. The smallest absolute Gasteiger partial charge is 0.409 e. The van der Waals surface area contributed by atoms with Crippen molar-refractivity contribution in [3.63, 3.8) is 0 Å². The van der Waals surface area contributed by atoms with Crippen LogP contribution in [0.5, 0.6) is 17.2 Å². The van der Waals surface area contributed by atoms with E-state index >= 15 is 0 Å². The number of para-hydroxylation sites is 1. The fourth-order valence-electron chi connectivity index (χ4n) is 2.29. The van der Waals surface area contributed by atoms with Gasteiger partial charge in [0.1, 0.15) is 11.5 Å². The molecule has 0 saturated carbocycles. The molecule has 0 aromatic heterocycles. The molecule has 0 spiro atoms. The maximum atomic E-state index is 11.1. The lowest BCUT2D eigenvalue weighted by molar-refractivity contribution is -0.385. The summed E-state index contributed by atoms with van der Waals surface area (Å²) in [5, 5.41) is 11.1. The second kappa shape index (κ2) is 7.32. The molecule has 0 heterocycles. The molecule has 0 bridgehead atoms. The molecule has 0 fully saturated rings. The van der Waals surface area contributed by atoms with E-state index in [0.29, 0.717) is 29.0 Å². The lowest BCUT2D eigenvalue weighted by Crippen LogP contribution is -2.17. The number of nitrogens with two attached hydrogens (primary N) is 1. The summed E-state index contributed by atoms with van der Waals surface area (Å²) in [6, 6.07) is 9.66. The molecule has 2 N–H and O–H groups in total. The summed E-state index contributed by atoms with van der Waals surface area (Å²) in [7, 11) is 2.77. The Morgan fingerprint density at radius 3 is 2.33 bits per heavy atom. The number of carbonyl (C=O) groups is 1. The van der Waals surface area contributed by atoms with E-state index in [9.17, 15) is 14.9 Å². The van der Waals surface area contributed by atoms with E-state index in [2.05, 4.69) is 0 Å². The first-order chi connectivity index (χ1) is 11.5. The zero-order chi connectivity index (χ0) is 17.7. The van der Waals surface area contributed by atoms with Crippen LogP contribution in [0, 0.1) is 10.1 Å². The summed E-state index contributed by atoms with van der Waals surface area (Å²) in [6.45, 7) is 0. The molecule has 0 aliphatic heterocycles. The van der Waals surface area contributed by atoms with E-state index in [1.165, 1.54) is 26.4 Å². The van der Waals surface area contributed by atoms with E-state index < -0.39 is 11.0 Å². The minimum atomic E-state index is -0.921. The quantitative estimate of drug-likeness (QED) is 0.642. The topological polar surface area (TPSA) is 114 Å². The monoisotopic (exact) mass is 332 g/mol. The number of methoxy groups -OCH3 is 2. The van der Waals surface area contributed by atoms with Gasteiger partial charge in [-0.1, -0.05) is 18.2 Å². The lowest BCUT2D eigenvalue weighted by atomic mass is 10.0. The van der Waals surface area contributed by atoms with Gasteiger partial charge in [0.25, 0.3) is 0 Å². The van der Waals surface area contributed by atoms with Crippen molar-refractivity contribution in [1.82, 2.24) is 0 Å². The second-order valence-corrected chi connectivity index (χ2v) is 4.80. The SMILES string of the molecule is COc1cc([N+](=O)[O-])c(OC)cc1Cc1ccccc1OC(N)=O. The number of hydrogen-bond acceptors (Lipinski definition) is 6. The van der Waals surface area contributed by atoms with Gasteiger partial charge in [0.05, 0.1) is 25.2 Å². The summed E-state index contributed by atoms with van der Waals surface area (Å²) in [6.07, 6.45) is -0.614. The molecule has 0 unspecified atom stereocenters. The summed E-state index contributed by atoms with van der Waals surface area (Å²) in [5.41, 5.74) is 6.18. The Morgan fingerprint density at radius 2 is 1.75 bits per heavy atom. The van der Waals surface area contributed by atoms with E-state index in [1.807, 2.05) is 0 Å². The molecular weight excluding hydrogens is 316 g/mol. The van der Waals surface area contributed by atoms with Crippen molar-refractivity contribution < 1.29 is 23.9 Å². The number of hydrogen-bond donors (Lipinski definition) is 1. The van der Waals surface area contributed by atoms with Crippen molar-refractivity contribution in [3.05, 3.63) is 57.6 Å². The number of benzene rings is 2. The van der Waals surface area contributed by atoms with E-state index in [-0.39, 0.29) is 11.4 Å². The third kappa shape index (κ3) is 3.72. The molecule has 0 radical (unpaired) electrons. The van der Waals surface area contributed by atoms with Crippen LogP contribution >= 0.6 is 0 Å². The normalized spacial score (nSPS) is 10.1. The van der Waals surface area contributed by atoms with Crippen molar-refractivity contribution in [1.29, 1.82) is 0 Å². The molecule has 2 aromatic carbocycles. The highest BCUT2D eigenvalue weighted by Crippen LogP contribution is 2.36. The molecule has 0 aliphatic carbocycles. The van der Waals surface area contributed by atoms with E-state index in [4.69, 9.17) is 19.9 Å². The van der Waals surface area contributed by atoms with Gasteiger partial charge in [-0.15, -0.1) is 0 Å². The molecule has 2 aromatic rings. The predicted octanol–water partition coefficient (Wildman–Crippen LogP) is 2.66. The first-order valence-corrected chi connectivity index (χ1v) is 6.90. The molecule has 8 nitrogen and oxygen atoms in total. The van der Waals surface area contributed by atoms with Crippen LogP contribution in [0.2, 0.25) is 0 Å². The summed E-state index contributed by atoms with van der Waals surface area (Å²) in [4.78, 5) is 21.5. The first-order valence-electron chi connectivity index (χ1n) is 6.90. The van der Waals surface area contributed by atoms with E-state index in [0.717, 1.165) is 0 Å². The molecule has 8 heteroatoms. The largest absolute Gasteiger partial charge is 0.496 e. The number of nitro benzene ring substituents is 1. The molecule has 126 valence electrons. The van der Waals surface area contributed by atoms with Crippen LogP contribution in [-0.4, -0.2) is 25.2 Å². The van der Waals surface area contributed by atoms with Crippen molar-refractivity contribution in [2.45, 2.75) is 6.42 Å². The van der Waals surface area contributed by atoms with Gasteiger partial charge in [-0.3, -0.25) is 10.1 Å². The minimum Gasteiger partial charge on any atom is -0.496 e. The van der Waals surface area contributed by atoms with Crippen LogP contribution in [-0.2, 0) is 6.42 Å². The highest BCUT2D eigenvalue weighted by atomic mass is 16.6. The van der Waals surface area contributed by atoms with Gasteiger partial charge in [0.2, 0.25) is 0 Å². The van der Waals surface area contributed by atoms with Gasteiger partial charge < -0.3 is 19.9 Å². The maximum Gasteiger partial charge on any atom is 0.409 e. The third-order valence-electron chi connectivity index (χ3n) is 3.34. The fourth-order valence-corrected chi connectivity index (χ4v) is 2.29. The van der Waals surface area contributed by atoms with Gasteiger partial charge in [0, 0.05) is 12.0 Å². The van der Waals surface area contributed by atoms with Crippen molar-refractivity contribution >= 4 is 11.8 Å². The highest BCUT2D eigenvalue weighted by Gasteiger charge is 2.20. The van der Waals surface area contributed by atoms with Crippen LogP contribution in [0.3, 0.4) is 0 Å². The number of nitrogens with zero attached hydrogens (tertiary/aromatic N) is 1. The van der Waals surface area contributed by atoms with Gasteiger partial charge in [-0.2, -0.15) is 0 Å². The average Bonchev–Trinajstić information content (AvgIpc) is 2.55. The van der Waals surface area contributed by atoms with Crippen LogP contribution in [0.1, 0.15) is 11.1 Å². The van der Waals surface area contributed by atoms with Crippen molar-refractivity contribution in [2.24, 2.45) is 5.73 Å². The standard InChI is InChI=1S/C16H16N2O6/c1-22-14-9-12(18(20)21)15(23-2)8-11(14)7-10-5-3-4-6-13(10)24-16(17)19/h3-6,8-9H,7H2,1-2H3,(H2,17,19). The Bertz CT molecular complexity index is 775. The van der Waals surface area contributed by atoms with Crippen LogP contribution in [0.4, 0.5) is 10.5 Å². The van der Waals surface area contributed by atoms with Gasteiger partial charge >= 0.3 is 11.8 Å². The minimum absolute atomic E-state index is 0.115. The molecule has 24 heavy (non-hydrogen) atoms. The van der Waals surface area contributed by atoms with Crippen LogP contribution in [0.15, 0.2) is 36.4 Å². The average molecular weight is 332 g/mol. The molecule has 1 amide bonds. The van der Waals surface area contributed by atoms with E-state index in [1.54, 1.807) is 24.3 Å². The van der Waals surface area contributed by atoms with Gasteiger partial charge in [-0.05, 0) is 17.7 Å². The molecule has 2 rings (SSSR count). The summed E-state index contributed by atoms with van der Waals surface area (Å²) >= 11 is 0. The molecule has 0 aliphatic rings. The zero-order valence-corrected chi connectivity index (χ0v) is 13.1. The van der Waals surface area contributed by atoms with Gasteiger partial charge in [-0.25, -0.2) is 4.79 Å². The highest BCUT2D eigenvalue weighted by molar-refractivity contribution is 5.68. The maximum absolute atomic E-state index is 11.1. The lowest BCUT2D eigenvalue weighted by Gasteiger charge is -2.13. The summed E-state index contributed by atoms with van der Waals surface area (Å²) < 4.78 is 15.3. The molecular formula is C16H16N2O6. The third-order valence-corrected chi connectivity index (χ3v) is 3.34. The first kappa shape index (κ1) is 17.1. The number of nitro groups is 1. The Kier molecular flexibility index (Phi) is 5.20. The number of ether oxygens (including phenoxy) is 3. The second-order valence-electron chi connectivity index (χ2n) is 4.80. The number of primary amides is 1. The number of amides is 1. The Hall–Kier alpha value is -3.29. The molecule has 0 saturated heterocycles. The predicted molar refractivity (Wildman–Crippen MR) is 85.7 cm³/mol. The van der Waals surface area contributed by atoms with Gasteiger partial charge in [0.15, 0.2) is 5.75 Å². The number of carbonyl (C=O) groups excluding carboxylic acids is 1. The molecule has 0 atom stereocenters. The van der Waals surface area contributed by atoms with Crippen molar-refractivity contribution in [2.75, 3.05) is 14.2 Å². The fraction of sp³-hybridized carbons (Fsp3) is 0.188. The van der Waals surface area contributed by atoms with Crippen molar-refractivity contribution in [3.8, 4) is 17.2 Å². The Labute approximate surface area is 137 Å².